The molecule has 3 N–H and O–H groups in total. The molecule has 0 aliphatic heterocycles. The molecule has 8 heteroatoms. The van der Waals surface area contributed by atoms with Crippen molar-refractivity contribution in [2.24, 2.45) is 0 Å². The highest BCUT2D eigenvalue weighted by Gasteiger charge is 2.20. The third-order valence-corrected chi connectivity index (χ3v) is 5.28. The van der Waals surface area contributed by atoms with Crippen molar-refractivity contribution in [2.45, 2.75) is 13.5 Å². The number of carbonyl (C=O) groups is 2. The molecule has 0 atom stereocenters. The molecule has 0 aliphatic carbocycles. The summed E-state index contributed by atoms with van der Waals surface area (Å²) in [6.45, 7) is 2.22. The highest BCUT2D eigenvalue weighted by atomic mass is 35.5. The van der Waals surface area contributed by atoms with Crippen LogP contribution >= 0.6 is 11.6 Å². The SMILES string of the molecule is Cc1nn(Cc2ccccc2)c(Cl)c1C(=O)Nc1ccc(NC(=O)Nc2ccccc2)cc1. The Morgan fingerprint density at radius 1 is 0.788 bits per heavy atom. The van der Waals surface area contributed by atoms with Gasteiger partial charge in [-0.1, -0.05) is 60.1 Å². The predicted molar refractivity (Wildman–Crippen MR) is 131 cm³/mol. The number of aryl methyl sites for hydroxylation is 1. The molecule has 0 aliphatic rings. The third-order valence-electron chi connectivity index (χ3n) is 4.90. The van der Waals surface area contributed by atoms with Gasteiger partial charge in [-0.2, -0.15) is 5.10 Å². The molecule has 0 unspecified atom stereocenters. The van der Waals surface area contributed by atoms with Crippen LogP contribution in [0.1, 0.15) is 21.6 Å². The first-order valence-electron chi connectivity index (χ1n) is 10.3. The van der Waals surface area contributed by atoms with Gasteiger partial charge in [-0.15, -0.1) is 0 Å². The van der Waals surface area contributed by atoms with Crippen molar-refractivity contribution < 1.29 is 9.59 Å². The van der Waals surface area contributed by atoms with Gasteiger partial charge in [0.15, 0.2) is 0 Å². The number of benzene rings is 3. The minimum absolute atomic E-state index is 0.282. The Labute approximate surface area is 196 Å². The second-order valence-corrected chi connectivity index (χ2v) is 7.73. The minimum Gasteiger partial charge on any atom is -0.322 e. The summed E-state index contributed by atoms with van der Waals surface area (Å²) in [4.78, 5) is 25.0. The quantitative estimate of drug-likeness (QED) is 0.341. The molecular formula is C25H22ClN5O2. The van der Waals surface area contributed by atoms with Crippen molar-refractivity contribution in [3.8, 4) is 0 Å². The number of aromatic nitrogens is 2. The number of nitrogens with zero attached hydrogens (tertiary/aromatic N) is 2. The van der Waals surface area contributed by atoms with Crippen LogP contribution in [0.5, 0.6) is 0 Å². The van der Waals surface area contributed by atoms with E-state index < -0.39 is 0 Å². The van der Waals surface area contributed by atoms with Gasteiger partial charge >= 0.3 is 6.03 Å². The Bertz CT molecular complexity index is 1260. The zero-order valence-corrected chi connectivity index (χ0v) is 18.6. The monoisotopic (exact) mass is 459 g/mol. The Kier molecular flexibility index (Phi) is 6.71. The maximum absolute atomic E-state index is 12.9. The van der Waals surface area contributed by atoms with Crippen LogP contribution in [0.15, 0.2) is 84.9 Å². The molecule has 0 bridgehead atoms. The van der Waals surface area contributed by atoms with E-state index in [0.29, 0.717) is 34.9 Å². The molecule has 33 heavy (non-hydrogen) atoms. The van der Waals surface area contributed by atoms with Gasteiger partial charge in [0.1, 0.15) is 5.15 Å². The second kappa shape index (κ2) is 10.0. The first-order chi connectivity index (χ1) is 16.0. The van der Waals surface area contributed by atoms with Gasteiger partial charge in [-0.3, -0.25) is 4.79 Å². The van der Waals surface area contributed by atoms with E-state index in [2.05, 4.69) is 21.0 Å². The topological polar surface area (TPSA) is 88.1 Å². The third kappa shape index (κ3) is 5.58. The molecule has 0 fully saturated rings. The largest absolute Gasteiger partial charge is 0.323 e. The summed E-state index contributed by atoms with van der Waals surface area (Å²) >= 11 is 6.47. The lowest BCUT2D eigenvalue weighted by Crippen LogP contribution is -2.19. The van der Waals surface area contributed by atoms with E-state index in [-0.39, 0.29) is 17.1 Å². The van der Waals surface area contributed by atoms with Crippen LogP contribution in [0, 0.1) is 6.92 Å². The molecule has 0 saturated heterocycles. The molecular weight excluding hydrogens is 438 g/mol. The van der Waals surface area contributed by atoms with Crippen LogP contribution in [-0.2, 0) is 6.54 Å². The first kappa shape index (κ1) is 22.1. The summed E-state index contributed by atoms with van der Waals surface area (Å²) in [5, 5.41) is 13.0. The van der Waals surface area contributed by atoms with Gasteiger partial charge in [-0.05, 0) is 48.9 Å². The number of halogens is 1. The van der Waals surface area contributed by atoms with E-state index in [0.717, 1.165) is 5.56 Å². The summed E-state index contributed by atoms with van der Waals surface area (Å²) < 4.78 is 1.61. The van der Waals surface area contributed by atoms with Crippen LogP contribution < -0.4 is 16.0 Å². The Balaban J connectivity index is 1.39. The highest BCUT2D eigenvalue weighted by molar-refractivity contribution is 6.33. The van der Waals surface area contributed by atoms with Gasteiger partial charge < -0.3 is 16.0 Å². The molecule has 7 nitrogen and oxygen atoms in total. The highest BCUT2D eigenvalue weighted by Crippen LogP contribution is 2.23. The lowest BCUT2D eigenvalue weighted by atomic mass is 10.2. The van der Waals surface area contributed by atoms with Gasteiger partial charge in [0.05, 0.1) is 17.8 Å². The van der Waals surface area contributed by atoms with Gasteiger partial charge in [-0.25, -0.2) is 9.48 Å². The summed E-state index contributed by atoms with van der Waals surface area (Å²) in [5.41, 5.74) is 3.76. The molecule has 4 rings (SSSR count). The summed E-state index contributed by atoms with van der Waals surface area (Å²) in [7, 11) is 0. The fourth-order valence-corrected chi connectivity index (χ4v) is 3.64. The van der Waals surface area contributed by atoms with Crippen LogP contribution in [0.3, 0.4) is 0 Å². The number of amides is 3. The number of hydrogen-bond acceptors (Lipinski definition) is 3. The van der Waals surface area contributed by atoms with Crippen molar-refractivity contribution in [3.63, 3.8) is 0 Å². The molecule has 166 valence electrons. The average molecular weight is 460 g/mol. The molecule has 3 aromatic carbocycles. The standard InChI is InChI=1S/C25H22ClN5O2/c1-17-22(23(26)31(30-17)16-18-8-4-2-5-9-18)24(32)27-20-12-14-21(15-13-20)29-25(33)28-19-10-6-3-7-11-19/h2-15H,16H2,1H3,(H,27,32)(H2,28,29,33). The molecule has 0 radical (unpaired) electrons. The van der Waals surface area contributed by atoms with Crippen LogP contribution in [0.2, 0.25) is 5.15 Å². The molecule has 1 heterocycles. The smallest absolute Gasteiger partial charge is 0.322 e. The Morgan fingerprint density at radius 3 is 1.91 bits per heavy atom. The van der Waals surface area contributed by atoms with E-state index in [1.54, 1.807) is 48.0 Å². The van der Waals surface area contributed by atoms with E-state index in [9.17, 15) is 9.59 Å². The van der Waals surface area contributed by atoms with E-state index in [4.69, 9.17) is 11.6 Å². The van der Waals surface area contributed by atoms with Gasteiger partial charge in [0, 0.05) is 17.1 Å². The summed E-state index contributed by atoms with van der Waals surface area (Å²) in [6.07, 6.45) is 0. The maximum atomic E-state index is 12.9. The van der Waals surface area contributed by atoms with Crippen molar-refractivity contribution in [2.75, 3.05) is 16.0 Å². The average Bonchev–Trinajstić information content (AvgIpc) is 3.09. The predicted octanol–water partition coefficient (Wildman–Crippen LogP) is 5.79. The molecule has 1 aromatic heterocycles. The van der Waals surface area contributed by atoms with Crippen LogP contribution in [-0.4, -0.2) is 21.7 Å². The zero-order valence-electron chi connectivity index (χ0n) is 17.9. The number of anilines is 3. The lowest BCUT2D eigenvalue weighted by molar-refractivity contribution is 0.102. The summed E-state index contributed by atoms with van der Waals surface area (Å²) in [6, 6.07) is 25.4. The van der Waals surface area contributed by atoms with Crippen LogP contribution in [0.4, 0.5) is 21.9 Å². The number of para-hydroxylation sites is 1. The number of nitrogens with one attached hydrogen (secondary N) is 3. The Hall–Kier alpha value is -4.10. The first-order valence-corrected chi connectivity index (χ1v) is 10.7. The summed E-state index contributed by atoms with van der Waals surface area (Å²) in [5.74, 6) is -0.348. The van der Waals surface area contributed by atoms with E-state index >= 15 is 0 Å². The lowest BCUT2D eigenvalue weighted by Gasteiger charge is -2.09. The minimum atomic E-state index is -0.355. The van der Waals surface area contributed by atoms with Crippen molar-refractivity contribution in [1.82, 2.24) is 9.78 Å². The van der Waals surface area contributed by atoms with Crippen molar-refractivity contribution in [3.05, 3.63) is 107 Å². The molecule has 0 saturated carbocycles. The zero-order chi connectivity index (χ0) is 23.2. The van der Waals surface area contributed by atoms with Gasteiger partial charge in [0.2, 0.25) is 0 Å². The number of hydrogen-bond donors (Lipinski definition) is 3. The van der Waals surface area contributed by atoms with Crippen molar-refractivity contribution >= 4 is 40.6 Å². The fraction of sp³-hybridized carbons (Fsp3) is 0.0800. The van der Waals surface area contributed by atoms with Crippen LogP contribution in [0.25, 0.3) is 0 Å². The Morgan fingerprint density at radius 2 is 1.30 bits per heavy atom. The number of rotatable bonds is 6. The molecule has 3 amide bonds. The normalized spacial score (nSPS) is 10.5. The molecule has 0 spiro atoms. The van der Waals surface area contributed by atoms with E-state index in [1.807, 2.05) is 48.5 Å². The van der Waals surface area contributed by atoms with Gasteiger partial charge in [0.25, 0.3) is 5.91 Å². The van der Waals surface area contributed by atoms with E-state index in [1.165, 1.54) is 0 Å². The number of carbonyl (C=O) groups excluding carboxylic acids is 2. The van der Waals surface area contributed by atoms with Crippen molar-refractivity contribution in [1.29, 1.82) is 0 Å². The second-order valence-electron chi connectivity index (χ2n) is 7.37. The number of urea groups is 1. The fourth-order valence-electron chi connectivity index (χ4n) is 3.32. The maximum Gasteiger partial charge on any atom is 0.323 e. The molecule has 4 aromatic rings.